The van der Waals surface area contributed by atoms with Gasteiger partial charge in [0.25, 0.3) is 0 Å². The van der Waals surface area contributed by atoms with Crippen LogP contribution in [0.25, 0.3) is 0 Å². The first-order chi connectivity index (χ1) is 41.4. The Labute approximate surface area is 525 Å². The topological polar surface area (TPSA) is 228 Å². The molecule has 0 aliphatic carbocycles. The van der Waals surface area contributed by atoms with E-state index in [1.165, 1.54) is 5.49 Å². The van der Waals surface area contributed by atoms with Crippen molar-refractivity contribution in [1.82, 2.24) is 10.6 Å². The number of amides is 1. The second-order valence-electron chi connectivity index (χ2n) is 20.7. The van der Waals surface area contributed by atoms with E-state index in [2.05, 4.69) is 28.6 Å². The van der Waals surface area contributed by atoms with E-state index in [0.717, 1.165) is 0 Å². The minimum Gasteiger partial charge on any atom is -1.00 e. The summed E-state index contributed by atoms with van der Waals surface area (Å²) in [6.07, 6.45) is -5.51. The van der Waals surface area contributed by atoms with Crippen LogP contribution in [0.1, 0.15) is 139 Å². The number of carbonyl (C=O) groups is 7. The number of halogens is 5. The smallest absolute Gasteiger partial charge is 0.407 e. The molecule has 0 fully saturated rings. The molecule has 6 aromatic carbocycles. The number of carbonyl (C=O) groups excluding carboxylic acids is 7. The number of nitrogens with one attached hydrogen (secondary N) is 2. The fraction of sp³-hybridized carbons (Fsp3) is 0.343. The zero-order chi connectivity index (χ0) is 64.5. The first kappa shape index (κ1) is 75.9. The van der Waals surface area contributed by atoms with Crippen LogP contribution in [0.5, 0.6) is 0 Å². The van der Waals surface area contributed by atoms with E-state index < -0.39 is 78.6 Å². The number of rotatable bonds is 26. The minimum atomic E-state index is -1.57. The lowest BCUT2D eigenvalue weighted by Gasteiger charge is -2.20. The number of quaternary nitrogens is 1. The molecule has 0 heterocycles. The van der Waals surface area contributed by atoms with Crippen molar-refractivity contribution in [2.45, 2.75) is 103 Å². The van der Waals surface area contributed by atoms with Gasteiger partial charge in [0.1, 0.15) is 38.1 Å². The molecule has 6 rings (SSSR count). The second kappa shape index (κ2) is 40.3. The Morgan fingerprint density at radius 1 is 0.523 bits per heavy atom. The highest BCUT2D eigenvalue weighted by Crippen LogP contribution is 2.24. The molecule has 476 valence electrons. The molecule has 0 aliphatic heterocycles. The van der Waals surface area contributed by atoms with Crippen molar-refractivity contribution in [2.24, 2.45) is 0 Å². The summed E-state index contributed by atoms with van der Waals surface area (Å²) in [5.41, 5.74) is 8.99. The SMILES string of the molecule is CCC(F)CO.C[C@@H](C(=O)OCC(F)CNC(=O)OC(C)(C)C)c1cccc(C(=O)c2ccccc2)c1.C[C@@H](C(=O)OCC(F)CNC=S)c1cccc(C(=O)c2ccccc2)c1.C[C@@H](C(=O)OCC(F)C[NH3+])c1cccc(C(=O)c2ccccc2)c1.[Cl-].[HH]. The lowest BCUT2D eigenvalue weighted by Crippen LogP contribution is -3.00. The molecule has 0 aromatic heterocycles. The average Bonchev–Trinajstić information content (AvgIpc) is 3.75. The monoisotopic (exact) mass is 1260 g/mol. The van der Waals surface area contributed by atoms with Gasteiger partial charge in [0.2, 0.25) is 0 Å². The predicted octanol–water partition coefficient (Wildman–Crippen LogP) is 8.00. The maximum atomic E-state index is 14.0. The fourth-order valence-corrected chi connectivity index (χ4v) is 7.53. The third-order valence-electron chi connectivity index (χ3n) is 12.6. The van der Waals surface area contributed by atoms with Crippen LogP contribution in [0.15, 0.2) is 164 Å². The number of hydrogen-bond acceptors (Lipinski definition) is 13. The lowest BCUT2D eigenvalue weighted by molar-refractivity contribution is -0.380. The van der Waals surface area contributed by atoms with E-state index in [-0.39, 0.29) is 70.6 Å². The number of ketones is 3. The van der Waals surface area contributed by atoms with E-state index in [1.54, 1.807) is 194 Å². The van der Waals surface area contributed by atoms with Gasteiger partial charge in [-0.15, -0.1) is 0 Å². The molecule has 0 saturated carbocycles. The number of aliphatic hydroxyl groups is 1. The lowest BCUT2D eigenvalue weighted by atomic mass is 9.96. The van der Waals surface area contributed by atoms with Crippen LogP contribution >= 0.6 is 12.2 Å². The van der Waals surface area contributed by atoms with E-state index in [1.807, 2.05) is 18.2 Å². The molecule has 6 N–H and O–H groups in total. The van der Waals surface area contributed by atoms with Crippen LogP contribution in [0, 0.1) is 0 Å². The number of alkyl carbamates (subject to hydrolysis) is 1. The summed E-state index contributed by atoms with van der Waals surface area (Å²) in [4.78, 5) is 85.7. The van der Waals surface area contributed by atoms with Gasteiger partial charge in [0.05, 0.1) is 36.4 Å². The van der Waals surface area contributed by atoms with Crippen molar-refractivity contribution >= 4 is 59.1 Å². The van der Waals surface area contributed by atoms with Crippen molar-refractivity contribution < 1.29 is 94.7 Å². The van der Waals surface area contributed by atoms with Crippen molar-refractivity contribution in [1.29, 1.82) is 0 Å². The van der Waals surface area contributed by atoms with Crippen LogP contribution < -0.4 is 28.8 Å². The maximum Gasteiger partial charge on any atom is 0.407 e. The number of thiocarbonyl (C=S) groups is 1. The highest BCUT2D eigenvalue weighted by atomic mass is 35.5. The zero-order valence-electron chi connectivity index (χ0n) is 50.3. The van der Waals surface area contributed by atoms with Gasteiger partial charge in [-0.3, -0.25) is 28.8 Å². The van der Waals surface area contributed by atoms with Crippen molar-refractivity contribution in [3.63, 3.8) is 0 Å². The first-order valence-electron chi connectivity index (χ1n) is 28.1. The fourth-order valence-electron chi connectivity index (χ4n) is 7.43. The Kier molecular flexibility index (Phi) is 34.8. The first-order valence-corrected chi connectivity index (χ1v) is 28.6. The third kappa shape index (κ3) is 27.7. The summed E-state index contributed by atoms with van der Waals surface area (Å²) in [6, 6.07) is 47.1. The molecular formula is C67H80ClF4N3O12S. The molecule has 4 unspecified atom stereocenters. The van der Waals surface area contributed by atoms with Gasteiger partial charge in [-0.2, -0.15) is 0 Å². The quantitative estimate of drug-likeness (QED) is 0.0133. The number of benzene rings is 6. The van der Waals surface area contributed by atoms with E-state index in [4.69, 9.17) is 24.1 Å². The van der Waals surface area contributed by atoms with Crippen molar-refractivity contribution in [3.8, 4) is 0 Å². The molecule has 0 saturated heterocycles. The molecule has 0 bridgehead atoms. The van der Waals surface area contributed by atoms with Gasteiger partial charge in [-0.05, 0) is 82.9 Å². The Bertz CT molecular complexity index is 3130. The average molecular weight is 1260 g/mol. The number of ether oxygens (including phenoxy) is 4. The normalized spacial score (nSPS) is 12.9. The summed E-state index contributed by atoms with van der Waals surface area (Å²) in [6.45, 7) is 9.99. The van der Waals surface area contributed by atoms with Crippen LogP contribution in [0.4, 0.5) is 22.4 Å². The molecule has 7 atom stereocenters. The summed E-state index contributed by atoms with van der Waals surface area (Å²) in [5, 5.41) is 12.8. The number of aliphatic hydroxyl groups excluding tert-OH is 1. The Hall–Kier alpha value is -8.17. The Morgan fingerprint density at radius 2 is 0.841 bits per heavy atom. The number of hydrogen-bond donors (Lipinski definition) is 4. The van der Waals surface area contributed by atoms with Crippen LogP contribution in [-0.4, -0.2) is 128 Å². The summed E-state index contributed by atoms with van der Waals surface area (Å²) in [5.74, 6) is -3.94. The molecule has 0 aliphatic rings. The van der Waals surface area contributed by atoms with Gasteiger partial charge in [-0.25, -0.2) is 22.4 Å². The molecule has 15 nitrogen and oxygen atoms in total. The van der Waals surface area contributed by atoms with Gasteiger partial charge in [-0.1, -0.05) is 165 Å². The summed E-state index contributed by atoms with van der Waals surface area (Å²) >= 11 is 4.54. The molecule has 0 radical (unpaired) electrons. The largest absolute Gasteiger partial charge is 1.00 e. The number of esters is 3. The standard InChI is InChI=1S/C24H28FNO5.C20H20FNO3S.C19H20FNO3.C4H9FO.ClH.H2/c1-16(22(28)30-15-20(25)14-26-23(29)31-24(2,3)4)18-11-8-12-19(13-18)21(27)17-9-6-5-7-10-17;1-14(20(24)25-12-18(21)11-22-13-26)16-8-5-9-17(10-16)19(23)15-6-3-2-4-7-15;1-13(19(23)24-12-17(20)11-21)15-8-5-9-16(10-15)18(22)14-6-3-2-4-7-14;1-2-4(5)3-6;;/h5-13,16,20H,14-15H2,1-4H3,(H,26,29);2-10,13-14,18H,11-12H2,1H3,(H,22,26);2-10,13,17H,11-12,21H2,1H3;4,6H,2-3H2,1H3;2*1H/t16-,20?;14-,18?;13-,17?;;;/m111.../s1. The Balaban J connectivity index is 0.000000634. The third-order valence-corrected chi connectivity index (χ3v) is 12.7. The second-order valence-corrected chi connectivity index (χ2v) is 20.9. The number of alkyl halides is 4. The van der Waals surface area contributed by atoms with E-state index in [0.29, 0.717) is 56.5 Å². The van der Waals surface area contributed by atoms with Crippen molar-refractivity contribution in [2.75, 3.05) is 46.1 Å². The van der Waals surface area contributed by atoms with Gasteiger partial charge >= 0.3 is 24.0 Å². The minimum absolute atomic E-state index is 0. The van der Waals surface area contributed by atoms with Crippen LogP contribution in [0.3, 0.4) is 0 Å². The maximum absolute atomic E-state index is 14.0. The molecular weight excluding hydrogens is 1180 g/mol. The molecule has 0 spiro atoms. The molecule has 6 aromatic rings. The van der Waals surface area contributed by atoms with E-state index >= 15 is 0 Å². The van der Waals surface area contributed by atoms with Gasteiger partial charge in [0, 0.05) is 41.4 Å². The van der Waals surface area contributed by atoms with Crippen LogP contribution in [-0.2, 0) is 33.3 Å². The Morgan fingerprint density at radius 3 is 1.12 bits per heavy atom. The molecule has 88 heavy (non-hydrogen) atoms. The van der Waals surface area contributed by atoms with Gasteiger partial charge in [0.15, 0.2) is 35.9 Å². The van der Waals surface area contributed by atoms with E-state index in [9.17, 15) is 51.1 Å². The molecule has 1 amide bonds. The van der Waals surface area contributed by atoms with Crippen molar-refractivity contribution in [3.05, 3.63) is 214 Å². The molecule has 21 heteroatoms. The van der Waals surface area contributed by atoms with Crippen LogP contribution in [0.2, 0.25) is 0 Å². The zero-order valence-corrected chi connectivity index (χ0v) is 51.9. The highest BCUT2D eigenvalue weighted by Gasteiger charge is 2.24. The summed E-state index contributed by atoms with van der Waals surface area (Å²) in [7, 11) is 0. The predicted molar refractivity (Wildman–Crippen MR) is 330 cm³/mol. The summed E-state index contributed by atoms with van der Waals surface area (Å²) < 4.78 is 72.3. The van der Waals surface area contributed by atoms with Gasteiger partial charge < -0.3 is 52.8 Å². The highest BCUT2D eigenvalue weighted by molar-refractivity contribution is 7.78.